The zero-order valence-electron chi connectivity index (χ0n) is 16.0. The van der Waals surface area contributed by atoms with Gasteiger partial charge in [0.1, 0.15) is 16.4 Å². The van der Waals surface area contributed by atoms with Crippen LogP contribution in [-0.2, 0) is 12.0 Å². The molecule has 3 aromatic rings. The molecule has 2 N–H and O–H groups in total. The van der Waals surface area contributed by atoms with Crippen LogP contribution in [0.15, 0.2) is 45.1 Å². The van der Waals surface area contributed by atoms with Crippen molar-refractivity contribution >= 4 is 28.3 Å². The van der Waals surface area contributed by atoms with Crippen molar-refractivity contribution in [3.63, 3.8) is 0 Å². The number of furan rings is 1. The molecule has 1 atom stereocenters. The number of nitrogens with one attached hydrogen (secondary N) is 2. The third-order valence-electron chi connectivity index (χ3n) is 4.18. The minimum atomic E-state index is 0.00929. The zero-order valence-corrected chi connectivity index (χ0v) is 16.8. The van der Waals surface area contributed by atoms with Crippen LogP contribution in [0, 0.1) is 0 Å². The number of thiazole rings is 1. The molecule has 26 heavy (non-hydrogen) atoms. The Morgan fingerprint density at radius 2 is 2.08 bits per heavy atom. The van der Waals surface area contributed by atoms with Gasteiger partial charge in [-0.25, -0.2) is 4.98 Å². The summed E-state index contributed by atoms with van der Waals surface area (Å²) in [6.07, 6.45) is 0. The first kappa shape index (κ1) is 18.5. The van der Waals surface area contributed by atoms with Gasteiger partial charge in [-0.05, 0) is 19.1 Å². The molecule has 0 saturated carbocycles. The third kappa shape index (κ3) is 4.25. The molecule has 6 heteroatoms. The predicted octanol–water partition coefficient (Wildman–Crippen LogP) is 4.61. The summed E-state index contributed by atoms with van der Waals surface area (Å²) in [6, 6.07) is 10.1. The molecule has 0 aliphatic heterocycles. The van der Waals surface area contributed by atoms with Gasteiger partial charge in [0, 0.05) is 23.2 Å². The molecule has 0 radical (unpaired) electrons. The van der Waals surface area contributed by atoms with Gasteiger partial charge in [0.25, 0.3) is 0 Å². The van der Waals surface area contributed by atoms with E-state index in [0.29, 0.717) is 6.54 Å². The molecule has 2 heterocycles. The fourth-order valence-electron chi connectivity index (χ4n) is 2.58. The number of hydrogen-bond donors (Lipinski definition) is 2. The number of aliphatic imine (C=N–C) groups is 1. The highest BCUT2D eigenvalue weighted by Crippen LogP contribution is 2.24. The Morgan fingerprint density at radius 1 is 1.31 bits per heavy atom. The topological polar surface area (TPSA) is 62.5 Å². The summed E-state index contributed by atoms with van der Waals surface area (Å²) < 4.78 is 5.92. The van der Waals surface area contributed by atoms with E-state index >= 15 is 0 Å². The molecule has 5 nitrogen and oxygen atoms in total. The van der Waals surface area contributed by atoms with Gasteiger partial charge in [0.05, 0.1) is 18.3 Å². The van der Waals surface area contributed by atoms with Crippen molar-refractivity contribution in [3.05, 3.63) is 52.2 Å². The van der Waals surface area contributed by atoms with E-state index in [1.165, 1.54) is 0 Å². The van der Waals surface area contributed by atoms with Crippen LogP contribution in [0.25, 0.3) is 11.0 Å². The first-order valence-corrected chi connectivity index (χ1v) is 9.65. The molecule has 0 aliphatic rings. The molecule has 0 fully saturated rings. The first-order valence-electron chi connectivity index (χ1n) is 8.77. The Bertz CT molecular complexity index is 871. The second-order valence-corrected chi connectivity index (χ2v) is 8.30. The fraction of sp³-hybridized carbons (Fsp3) is 0.400. The predicted molar refractivity (Wildman–Crippen MR) is 109 cm³/mol. The molecule has 1 unspecified atom stereocenters. The standard InChI is InChI=1S/C20H26N4OS/c1-13(16-10-14-8-6-7-9-15(14)25-16)23-19(21-5)22-11-18-24-17(12-26-18)20(2,3)4/h6-10,12-13H,11H2,1-5H3,(H2,21,22,23). The number of guanidine groups is 1. The molecular weight excluding hydrogens is 344 g/mol. The SMILES string of the molecule is CN=C(NCc1nc(C(C)(C)C)cs1)NC(C)c1cc2ccccc2o1. The van der Waals surface area contributed by atoms with E-state index in [1.54, 1.807) is 18.4 Å². The summed E-state index contributed by atoms with van der Waals surface area (Å²) in [5.41, 5.74) is 2.10. The highest BCUT2D eigenvalue weighted by molar-refractivity contribution is 7.09. The second-order valence-electron chi connectivity index (χ2n) is 7.35. The number of rotatable bonds is 4. The van der Waals surface area contributed by atoms with Gasteiger partial charge in [-0.1, -0.05) is 39.0 Å². The van der Waals surface area contributed by atoms with E-state index in [1.807, 2.05) is 18.2 Å². The Kier molecular flexibility index (Phi) is 5.32. The normalized spacial score (nSPS) is 13.8. The Balaban J connectivity index is 1.61. The van der Waals surface area contributed by atoms with Crippen LogP contribution in [0.2, 0.25) is 0 Å². The second kappa shape index (κ2) is 7.50. The summed E-state index contributed by atoms with van der Waals surface area (Å²) in [6.45, 7) is 9.23. The molecule has 138 valence electrons. The summed E-state index contributed by atoms with van der Waals surface area (Å²) in [4.78, 5) is 9.02. The summed E-state index contributed by atoms with van der Waals surface area (Å²) in [5.74, 6) is 1.61. The van der Waals surface area contributed by atoms with Crippen LogP contribution < -0.4 is 10.6 Å². The molecule has 3 rings (SSSR count). The van der Waals surface area contributed by atoms with Crippen LogP contribution in [0.1, 0.15) is 50.2 Å². The van der Waals surface area contributed by atoms with Gasteiger partial charge in [0.2, 0.25) is 0 Å². The smallest absolute Gasteiger partial charge is 0.191 e. The van der Waals surface area contributed by atoms with E-state index in [9.17, 15) is 0 Å². The van der Waals surface area contributed by atoms with Crippen LogP contribution in [0.4, 0.5) is 0 Å². The van der Waals surface area contributed by atoms with Crippen molar-refractivity contribution in [2.24, 2.45) is 4.99 Å². The van der Waals surface area contributed by atoms with E-state index in [0.717, 1.165) is 33.4 Å². The van der Waals surface area contributed by atoms with Crippen molar-refractivity contribution < 1.29 is 4.42 Å². The highest BCUT2D eigenvalue weighted by Gasteiger charge is 2.18. The van der Waals surface area contributed by atoms with Crippen LogP contribution in [0.3, 0.4) is 0 Å². The quantitative estimate of drug-likeness (QED) is 0.520. The van der Waals surface area contributed by atoms with E-state index in [4.69, 9.17) is 9.40 Å². The lowest BCUT2D eigenvalue weighted by Gasteiger charge is -2.16. The summed E-state index contributed by atoms with van der Waals surface area (Å²) in [7, 11) is 1.77. The molecule has 2 aromatic heterocycles. The average Bonchev–Trinajstić information content (AvgIpc) is 3.24. The molecule has 0 spiro atoms. The molecule has 0 bridgehead atoms. The van der Waals surface area contributed by atoms with E-state index in [-0.39, 0.29) is 11.5 Å². The molecular formula is C20H26N4OS. The van der Waals surface area contributed by atoms with Gasteiger partial charge in [-0.2, -0.15) is 0 Å². The number of benzene rings is 1. The number of para-hydroxylation sites is 1. The molecule has 1 aromatic carbocycles. The maximum Gasteiger partial charge on any atom is 0.191 e. The van der Waals surface area contributed by atoms with Crippen molar-refractivity contribution in [2.75, 3.05) is 7.05 Å². The van der Waals surface area contributed by atoms with Crippen molar-refractivity contribution in [2.45, 2.75) is 45.7 Å². The van der Waals surface area contributed by atoms with Crippen molar-refractivity contribution in [1.29, 1.82) is 0 Å². The van der Waals surface area contributed by atoms with Crippen LogP contribution >= 0.6 is 11.3 Å². The minimum Gasteiger partial charge on any atom is -0.459 e. The maximum atomic E-state index is 5.92. The Morgan fingerprint density at radius 3 is 2.73 bits per heavy atom. The van der Waals surface area contributed by atoms with Crippen LogP contribution in [0.5, 0.6) is 0 Å². The monoisotopic (exact) mass is 370 g/mol. The van der Waals surface area contributed by atoms with Gasteiger partial charge in [0.15, 0.2) is 5.96 Å². The van der Waals surface area contributed by atoms with Gasteiger partial charge in [-0.3, -0.25) is 4.99 Å². The molecule has 0 saturated heterocycles. The lowest BCUT2D eigenvalue weighted by molar-refractivity contribution is 0.488. The van der Waals surface area contributed by atoms with Crippen LogP contribution in [-0.4, -0.2) is 18.0 Å². The molecule has 0 aliphatic carbocycles. The van der Waals surface area contributed by atoms with E-state index < -0.39 is 0 Å². The first-order chi connectivity index (χ1) is 12.4. The Labute approximate surface area is 158 Å². The fourth-order valence-corrected chi connectivity index (χ4v) is 3.54. The number of aromatic nitrogens is 1. The van der Waals surface area contributed by atoms with Gasteiger partial charge in [-0.15, -0.1) is 11.3 Å². The number of fused-ring (bicyclic) bond motifs is 1. The lowest BCUT2D eigenvalue weighted by atomic mass is 9.93. The van der Waals surface area contributed by atoms with Crippen molar-refractivity contribution in [1.82, 2.24) is 15.6 Å². The van der Waals surface area contributed by atoms with Gasteiger partial charge >= 0.3 is 0 Å². The van der Waals surface area contributed by atoms with Crippen molar-refractivity contribution in [3.8, 4) is 0 Å². The third-order valence-corrected chi connectivity index (χ3v) is 5.02. The number of hydrogen-bond acceptors (Lipinski definition) is 4. The largest absolute Gasteiger partial charge is 0.459 e. The Hall–Kier alpha value is -2.34. The number of nitrogens with zero attached hydrogens (tertiary/aromatic N) is 2. The average molecular weight is 371 g/mol. The van der Waals surface area contributed by atoms with E-state index in [2.05, 4.69) is 60.8 Å². The zero-order chi connectivity index (χ0) is 18.7. The minimum absolute atomic E-state index is 0.00929. The summed E-state index contributed by atoms with van der Waals surface area (Å²) >= 11 is 1.67. The lowest BCUT2D eigenvalue weighted by Crippen LogP contribution is -2.38. The molecule has 0 amide bonds. The maximum absolute atomic E-state index is 5.92. The van der Waals surface area contributed by atoms with Gasteiger partial charge < -0.3 is 15.1 Å². The highest BCUT2D eigenvalue weighted by atomic mass is 32.1. The summed E-state index contributed by atoms with van der Waals surface area (Å²) in [5, 5.41) is 11.0.